The number of nitrogens with zero attached hydrogens (tertiary/aromatic N) is 2. The maximum Gasteiger partial charge on any atom is 0.222 e. The van der Waals surface area contributed by atoms with Gasteiger partial charge in [0.15, 0.2) is 5.96 Å². The second kappa shape index (κ2) is 6.81. The van der Waals surface area contributed by atoms with E-state index in [4.69, 9.17) is 5.73 Å². The molecule has 1 aromatic rings. The van der Waals surface area contributed by atoms with Crippen LogP contribution in [0.1, 0.15) is 44.7 Å². The number of nitrogens with two attached hydrogens (primary N) is 1. The standard InChI is InChI=1S/C17H26N4O/c1-17(2,3)20-16(18)19-11-13-6-8-14(9-7-13)12-21-10-4-5-15(21)22/h6-9H,4-5,10-12H2,1-3H3,(H3,18,19,20). The van der Waals surface area contributed by atoms with Crippen molar-refractivity contribution < 1.29 is 4.79 Å². The van der Waals surface area contributed by atoms with E-state index < -0.39 is 0 Å². The molecule has 1 fully saturated rings. The zero-order chi connectivity index (χ0) is 16.2. The highest BCUT2D eigenvalue weighted by molar-refractivity contribution is 5.78. The fourth-order valence-electron chi connectivity index (χ4n) is 2.44. The van der Waals surface area contributed by atoms with Gasteiger partial charge in [-0.2, -0.15) is 0 Å². The van der Waals surface area contributed by atoms with Gasteiger partial charge in [0.2, 0.25) is 5.91 Å². The minimum atomic E-state index is -0.0836. The normalized spacial score (nSPS) is 16.2. The molecule has 1 aliphatic rings. The van der Waals surface area contributed by atoms with Crippen molar-refractivity contribution in [2.75, 3.05) is 6.54 Å². The third-order valence-electron chi connectivity index (χ3n) is 3.50. The summed E-state index contributed by atoms with van der Waals surface area (Å²) >= 11 is 0. The van der Waals surface area contributed by atoms with E-state index in [1.165, 1.54) is 0 Å². The summed E-state index contributed by atoms with van der Waals surface area (Å²) in [5.41, 5.74) is 8.04. The van der Waals surface area contributed by atoms with Crippen LogP contribution in [0.2, 0.25) is 0 Å². The Morgan fingerprint density at radius 3 is 2.45 bits per heavy atom. The maximum absolute atomic E-state index is 11.6. The molecule has 0 unspecified atom stereocenters. The molecule has 0 aromatic heterocycles. The van der Waals surface area contributed by atoms with Gasteiger partial charge in [0.05, 0.1) is 6.54 Å². The number of aliphatic imine (C=N–C) groups is 1. The highest BCUT2D eigenvalue weighted by atomic mass is 16.2. The maximum atomic E-state index is 11.6. The molecule has 1 saturated heterocycles. The molecule has 3 N–H and O–H groups in total. The van der Waals surface area contributed by atoms with E-state index in [9.17, 15) is 4.79 Å². The van der Waals surface area contributed by atoms with Gasteiger partial charge < -0.3 is 16.0 Å². The molecule has 0 spiro atoms. The molecule has 0 aliphatic carbocycles. The minimum Gasteiger partial charge on any atom is -0.370 e. The van der Waals surface area contributed by atoms with Crippen LogP contribution in [0.15, 0.2) is 29.3 Å². The Morgan fingerprint density at radius 1 is 1.27 bits per heavy atom. The predicted molar refractivity (Wildman–Crippen MR) is 89.3 cm³/mol. The summed E-state index contributed by atoms with van der Waals surface area (Å²) in [4.78, 5) is 17.9. The van der Waals surface area contributed by atoms with Crippen molar-refractivity contribution in [3.05, 3.63) is 35.4 Å². The second-order valence-electron chi connectivity index (χ2n) is 6.81. The number of hydrogen-bond donors (Lipinski definition) is 2. The molecule has 5 nitrogen and oxygen atoms in total. The first kappa shape index (κ1) is 16.3. The first-order valence-corrected chi connectivity index (χ1v) is 7.77. The lowest BCUT2D eigenvalue weighted by Crippen LogP contribution is -2.44. The summed E-state index contributed by atoms with van der Waals surface area (Å²) in [6.07, 6.45) is 1.67. The lowest BCUT2D eigenvalue weighted by Gasteiger charge is -2.21. The van der Waals surface area contributed by atoms with Crippen LogP contribution in [0.4, 0.5) is 0 Å². The number of hydrogen-bond acceptors (Lipinski definition) is 2. The predicted octanol–water partition coefficient (Wildman–Crippen LogP) is 2.01. The lowest BCUT2D eigenvalue weighted by atomic mass is 10.1. The molecule has 0 saturated carbocycles. The van der Waals surface area contributed by atoms with E-state index in [0.717, 1.165) is 24.1 Å². The molecule has 5 heteroatoms. The number of guanidine groups is 1. The number of nitrogens with one attached hydrogen (secondary N) is 1. The van der Waals surface area contributed by atoms with Gasteiger partial charge >= 0.3 is 0 Å². The number of amides is 1. The average molecular weight is 302 g/mol. The quantitative estimate of drug-likeness (QED) is 0.660. The SMILES string of the molecule is CC(C)(C)NC(N)=NCc1ccc(CN2CCCC2=O)cc1. The van der Waals surface area contributed by atoms with Crippen molar-refractivity contribution in [2.45, 2.75) is 52.2 Å². The Hall–Kier alpha value is -2.04. The Labute approximate surface area is 132 Å². The first-order valence-electron chi connectivity index (χ1n) is 7.77. The van der Waals surface area contributed by atoms with Gasteiger partial charge in [-0.1, -0.05) is 24.3 Å². The molecule has 0 radical (unpaired) electrons. The fourth-order valence-corrected chi connectivity index (χ4v) is 2.44. The van der Waals surface area contributed by atoms with Crippen molar-refractivity contribution in [1.82, 2.24) is 10.2 Å². The van der Waals surface area contributed by atoms with E-state index in [0.29, 0.717) is 25.5 Å². The zero-order valence-corrected chi connectivity index (χ0v) is 13.7. The Balaban J connectivity index is 1.89. The number of likely N-dealkylation sites (tertiary alicyclic amines) is 1. The van der Waals surface area contributed by atoms with Crippen molar-refractivity contribution in [2.24, 2.45) is 10.7 Å². The summed E-state index contributed by atoms with van der Waals surface area (Å²) in [5.74, 6) is 0.717. The largest absolute Gasteiger partial charge is 0.370 e. The summed E-state index contributed by atoms with van der Waals surface area (Å²) < 4.78 is 0. The van der Waals surface area contributed by atoms with Gasteiger partial charge in [0.1, 0.15) is 0 Å². The van der Waals surface area contributed by atoms with E-state index in [1.54, 1.807) is 0 Å². The van der Waals surface area contributed by atoms with Crippen LogP contribution in [0.25, 0.3) is 0 Å². The molecule has 1 aromatic carbocycles. The van der Waals surface area contributed by atoms with Crippen molar-refractivity contribution in [3.8, 4) is 0 Å². The molecule has 22 heavy (non-hydrogen) atoms. The molecule has 120 valence electrons. The average Bonchev–Trinajstić information content (AvgIpc) is 2.82. The topological polar surface area (TPSA) is 70.7 Å². The van der Waals surface area contributed by atoms with Gasteiger partial charge in [-0.3, -0.25) is 4.79 Å². The molecule has 0 atom stereocenters. The van der Waals surface area contributed by atoms with E-state index in [2.05, 4.69) is 22.4 Å². The number of benzene rings is 1. The van der Waals surface area contributed by atoms with Gasteiger partial charge in [-0.25, -0.2) is 4.99 Å². The highest BCUT2D eigenvalue weighted by Gasteiger charge is 2.19. The Morgan fingerprint density at radius 2 is 1.91 bits per heavy atom. The number of rotatable bonds is 4. The van der Waals surface area contributed by atoms with Crippen LogP contribution in [-0.4, -0.2) is 28.9 Å². The van der Waals surface area contributed by atoms with E-state index in [-0.39, 0.29) is 11.4 Å². The van der Waals surface area contributed by atoms with Crippen LogP contribution < -0.4 is 11.1 Å². The smallest absolute Gasteiger partial charge is 0.222 e. The monoisotopic (exact) mass is 302 g/mol. The van der Waals surface area contributed by atoms with E-state index >= 15 is 0 Å². The summed E-state index contributed by atoms with van der Waals surface area (Å²) in [6, 6.07) is 8.21. The molecule has 1 heterocycles. The van der Waals surface area contributed by atoms with Crippen LogP contribution >= 0.6 is 0 Å². The van der Waals surface area contributed by atoms with Crippen molar-refractivity contribution in [1.29, 1.82) is 0 Å². The minimum absolute atomic E-state index is 0.0836. The summed E-state index contributed by atoms with van der Waals surface area (Å²) in [5, 5.41) is 3.14. The zero-order valence-electron chi connectivity index (χ0n) is 13.7. The molecule has 2 rings (SSSR count). The van der Waals surface area contributed by atoms with Crippen molar-refractivity contribution >= 4 is 11.9 Å². The van der Waals surface area contributed by atoms with Crippen LogP contribution in [0.3, 0.4) is 0 Å². The van der Waals surface area contributed by atoms with Crippen molar-refractivity contribution in [3.63, 3.8) is 0 Å². The van der Waals surface area contributed by atoms with Crippen LogP contribution in [0, 0.1) is 0 Å². The third kappa shape index (κ3) is 5.06. The Bertz CT molecular complexity index is 543. The van der Waals surface area contributed by atoms with Crippen LogP contribution in [0.5, 0.6) is 0 Å². The molecular weight excluding hydrogens is 276 g/mol. The van der Waals surface area contributed by atoms with E-state index in [1.807, 2.05) is 37.8 Å². The molecule has 0 bridgehead atoms. The second-order valence-corrected chi connectivity index (χ2v) is 6.81. The highest BCUT2D eigenvalue weighted by Crippen LogP contribution is 2.15. The van der Waals surface area contributed by atoms with Gasteiger partial charge in [-0.15, -0.1) is 0 Å². The van der Waals surface area contributed by atoms with Crippen LogP contribution in [-0.2, 0) is 17.9 Å². The molecule has 1 amide bonds. The molecular formula is C17H26N4O. The number of carbonyl (C=O) groups excluding carboxylic acids is 1. The summed E-state index contributed by atoms with van der Waals surface area (Å²) in [7, 11) is 0. The number of carbonyl (C=O) groups is 1. The van der Waals surface area contributed by atoms with Gasteiger partial charge in [0, 0.05) is 25.0 Å². The van der Waals surface area contributed by atoms with Gasteiger partial charge in [0.25, 0.3) is 0 Å². The summed E-state index contributed by atoms with van der Waals surface area (Å²) in [6.45, 7) is 8.27. The fraction of sp³-hybridized carbons (Fsp3) is 0.529. The first-order chi connectivity index (χ1) is 10.3. The molecule has 1 aliphatic heterocycles. The third-order valence-corrected chi connectivity index (χ3v) is 3.50. The Kier molecular flexibility index (Phi) is 5.06. The van der Waals surface area contributed by atoms with Gasteiger partial charge in [-0.05, 0) is 38.3 Å². The lowest BCUT2D eigenvalue weighted by molar-refractivity contribution is -0.128.